The first kappa shape index (κ1) is 12.8. The van der Waals surface area contributed by atoms with Crippen molar-refractivity contribution in [3.63, 3.8) is 0 Å². The highest BCUT2D eigenvalue weighted by Gasteiger charge is 2.07. The Hall–Kier alpha value is -1.68. The summed E-state index contributed by atoms with van der Waals surface area (Å²) in [5.74, 6) is -0.837. The van der Waals surface area contributed by atoms with E-state index in [1.54, 1.807) is 0 Å². The van der Waals surface area contributed by atoms with Gasteiger partial charge in [0.1, 0.15) is 0 Å². The van der Waals surface area contributed by atoms with Crippen LogP contribution in [-0.2, 0) is 11.2 Å². The average molecular weight is 306 g/mol. The average Bonchev–Trinajstić information content (AvgIpc) is 2.32. The van der Waals surface area contributed by atoms with E-state index in [0.717, 1.165) is 27.0 Å². The minimum atomic E-state index is -0.837. The van der Waals surface area contributed by atoms with E-state index in [1.165, 1.54) is 0 Å². The largest absolute Gasteiger partial charge is 0.481 e. The van der Waals surface area contributed by atoms with Crippen molar-refractivity contribution in [1.29, 1.82) is 0 Å². The molecule has 0 aliphatic rings. The van der Waals surface area contributed by atoms with Crippen LogP contribution in [0.5, 0.6) is 0 Å². The number of nitrogens with zero attached hydrogens (tertiary/aromatic N) is 1. The molecule has 0 amide bonds. The monoisotopic (exact) mass is 305 g/mol. The van der Waals surface area contributed by atoms with Crippen molar-refractivity contribution in [1.82, 2.24) is 4.98 Å². The molecule has 0 unspecified atom stereocenters. The molecule has 0 saturated carbocycles. The standard InChI is InChI=1S/C14H12BrNO2/c1-9-11(8-14(17)18)4-7-13(16-9)10-2-5-12(15)6-3-10/h2-7H,8H2,1H3,(H,17,18). The zero-order chi connectivity index (χ0) is 13.1. The van der Waals surface area contributed by atoms with Gasteiger partial charge in [-0.25, -0.2) is 0 Å². The van der Waals surface area contributed by atoms with Crippen molar-refractivity contribution in [3.8, 4) is 11.3 Å². The first-order valence-corrected chi connectivity index (χ1v) is 6.30. The molecule has 3 nitrogen and oxygen atoms in total. The van der Waals surface area contributed by atoms with Crippen molar-refractivity contribution >= 4 is 21.9 Å². The molecule has 2 rings (SSSR count). The number of aliphatic carboxylic acids is 1. The summed E-state index contributed by atoms with van der Waals surface area (Å²) in [4.78, 5) is 15.1. The van der Waals surface area contributed by atoms with E-state index in [2.05, 4.69) is 20.9 Å². The Labute approximate surface area is 114 Å². The van der Waals surface area contributed by atoms with Crippen LogP contribution in [0.15, 0.2) is 40.9 Å². The second-order valence-electron chi connectivity index (χ2n) is 4.02. The molecule has 0 aliphatic carbocycles. The number of aryl methyl sites for hydroxylation is 1. The molecule has 0 saturated heterocycles. The molecular formula is C14H12BrNO2. The molecule has 1 N–H and O–H groups in total. The third-order valence-electron chi connectivity index (χ3n) is 2.68. The third-order valence-corrected chi connectivity index (χ3v) is 3.21. The first-order valence-electron chi connectivity index (χ1n) is 5.50. The van der Waals surface area contributed by atoms with Crippen molar-refractivity contribution in [2.45, 2.75) is 13.3 Å². The van der Waals surface area contributed by atoms with Crippen LogP contribution in [0.3, 0.4) is 0 Å². The Balaban J connectivity index is 2.33. The number of hydrogen-bond acceptors (Lipinski definition) is 2. The number of pyridine rings is 1. The van der Waals surface area contributed by atoms with Crippen LogP contribution >= 0.6 is 15.9 Å². The maximum absolute atomic E-state index is 10.7. The lowest BCUT2D eigenvalue weighted by Crippen LogP contribution is -2.03. The predicted molar refractivity (Wildman–Crippen MR) is 73.4 cm³/mol. The van der Waals surface area contributed by atoms with Crippen molar-refractivity contribution in [2.24, 2.45) is 0 Å². The van der Waals surface area contributed by atoms with Gasteiger partial charge in [0, 0.05) is 15.7 Å². The highest BCUT2D eigenvalue weighted by Crippen LogP contribution is 2.21. The van der Waals surface area contributed by atoms with Gasteiger partial charge >= 0.3 is 5.97 Å². The van der Waals surface area contributed by atoms with Gasteiger partial charge in [-0.1, -0.05) is 34.1 Å². The van der Waals surface area contributed by atoms with Gasteiger partial charge in [0.15, 0.2) is 0 Å². The number of benzene rings is 1. The Bertz CT molecular complexity index is 579. The van der Waals surface area contributed by atoms with E-state index < -0.39 is 5.97 Å². The van der Waals surface area contributed by atoms with Crippen molar-refractivity contribution < 1.29 is 9.90 Å². The molecule has 0 radical (unpaired) electrons. The van der Waals surface area contributed by atoms with Crippen LogP contribution in [0.2, 0.25) is 0 Å². The SMILES string of the molecule is Cc1nc(-c2ccc(Br)cc2)ccc1CC(=O)O. The molecule has 2 aromatic rings. The van der Waals surface area contributed by atoms with Crippen LogP contribution in [-0.4, -0.2) is 16.1 Å². The lowest BCUT2D eigenvalue weighted by Gasteiger charge is -2.06. The van der Waals surface area contributed by atoms with Gasteiger partial charge in [0.2, 0.25) is 0 Å². The number of carboxylic acids is 1. The van der Waals surface area contributed by atoms with Gasteiger partial charge in [-0.05, 0) is 30.7 Å². The highest BCUT2D eigenvalue weighted by molar-refractivity contribution is 9.10. The van der Waals surface area contributed by atoms with Gasteiger partial charge in [0.05, 0.1) is 12.1 Å². The quantitative estimate of drug-likeness (QED) is 0.945. The van der Waals surface area contributed by atoms with Crippen LogP contribution < -0.4 is 0 Å². The summed E-state index contributed by atoms with van der Waals surface area (Å²) in [7, 11) is 0. The number of hydrogen-bond donors (Lipinski definition) is 1. The predicted octanol–water partition coefficient (Wildman–Crippen LogP) is 3.45. The lowest BCUT2D eigenvalue weighted by molar-refractivity contribution is -0.136. The molecule has 1 heterocycles. The Morgan fingerprint density at radius 1 is 1.22 bits per heavy atom. The maximum Gasteiger partial charge on any atom is 0.307 e. The zero-order valence-corrected chi connectivity index (χ0v) is 11.4. The molecule has 0 spiro atoms. The van der Waals surface area contributed by atoms with Gasteiger partial charge < -0.3 is 5.11 Å². The molecular weight excluding hydrogens is 294 g/mol. The second kappa shape index (κ2) is 5.31. The number of aromatic nitrogens is 1. The summed E-state index contributed by atoms with van der Waals surface area (Å²) in [6.45, 7) is 1.83. The fourth-order valence-corrected chi connectivity index (χ4v) is 1.99. The third kappa shape index (κ3) is 2.96. The van der Waals surface area contributed by atoms with E-state index in [9.17, 15) is 4.79 Å². The highest BCUT2D eigenvalue weighted by atomic mass is 79.9. The van der Waals surface area contributed by atoms with Crippen LogP contribution in [0.4, 0.5) is 0 Å². The lowest BCUT2D eigenvalue weighted by atomic mass is 10.1. The molecule has 4 heteroatoms. The van der Waals surface area contributed by atoms with E-state index in [-0.39, 0.29) is 6.42 Å². The molecule has 0 fully saturated rings. The fourth-order valence-electron chi connectivity index (χ4n) is 1.72. The van der Waals surface area contributed by atoms with E-state index in [0.29, 0.717) is 0 Å². The van der Waals surface area contributed by atoms with Gasteiger partial charge in [-0.3, -0.25) is 9.78 Å². The minimum absolute atomic E-state index is 0.0133. The minimum Gasteiger partial charge on any atom is -0.481 e. The number of halogens is 1. The molecule has 0 aliphatic heterocycles. The Morgan fingerprint density at radius 3 is 2.44 bits per heavy atom. The molecule has 0 bridgehead atoms. The summed E-state index contributed by atoms with van der Waals surface area (Å²) in [5, 5.41) is 8.78. The first-order chi connectivity index (χ1) is 8.56. The van der Waals surface area contributed by atoms with Gasteiger partial charge in [-0.2, -0.15) is 0 Å². The topological polar surface area (TPSA) is 50.2 Å². The molecule has 0 atom stereocenters. The summed E-state index contributed by atoms with van der Waals surface area (Å²) in [6.07, 6.45) is 0.0133. The number of carboxylic acid groups (broad SMARTS) is 1. The van der Waals surface area contributed by atoms with Gasteiger partial charge in [0.25, 0.3) is 0 Å². The normalized spacial score (nSPS) is 10.3. The van der Waals surface area contributed by atoms with E-state index in [4.69, 9.17) is 5.11 Å². The Morgan fingerprint density at radius 2 is 1.89 bits per heavy atom. The second-order valence-corrected chi connectivity index (χ2v) is 4.93. The molecule has 92 valence electrons. The summed E-state index contributed by atoms with van der Waals surface area (Å²) < 4.78 is 1.02. The zero-order valence-electron chi connectivity index (χ0n) is 9.85. The summed E-state index contributed by atoms with van der Waals surface area (Å²) in [6, 6.07) is 11.5. The summed E-state index contributed by atoms with van der Waals surface area (Å²) >= 11 is 3.39. The van der Waals surface area contributed by atoms with E-state index in [1.807, 2.05) is 43.3 Å². The molecule has 1 aromatic heterocycles. The Kier molecular flexibility index (Phi) is 3.77. The van der Waals surface area contributed by atoms with Crippen LogP contribution in [0.1, 0.15) is 11.3 Å². The van der Waals surface area contributed by atoms with E-state index >= 15 is 0 Å². The maximum atomic E-state index is 10.7. The fraction of sp³-hybridized carbons (Fsp3) is 0.143. The summed E-state index contributed by atoms with van der Waals surface area (Å²) in [5.41, 5.74) is 3.39. The van der Waals surface area contributed by atoms with Crippen LogP contribution in [0, 0.1) is 6.92 Å². The molecule has 1 aromatic carbocycles. The smallest absolute Gasteiger partial charge is 0.307 e. The molecule has 18 heavy (non-hydrogen) atoms. The van der Waals surface area contributed by atoms with Gasteiger partial charge in [-0.15, -0.1) is 0 Å². The van der Waals surface area contributed by atoms with Crippen molar-refractivity contribution in [2.75, 3.05) is 0 Å². The van der Waals surface area contributed by atoms with Crippen molar-refractivity contribution in [3.05, 3.63) is 52.1 Å². The van der Waals surface area contributed by atoms with Crippen LogP contribution in [0.25, 0.3) is 11.3 Å². The number of carbonyl (C=O) groups is 1. The number of rotatable bonds is 3.